The van der Waals surface area contributed by atoms with E-state index >= 15 is 0 Å². The molecule has 0 atom stereocenters. The second-order valence-corrected chi connectivity index (χ2v) is 6.89. The number of nitrogens with zero attached hydrogens (tertiary/aromatic N) is 1. The van der Waals surface area contributed by atoms with Gasteiger partial charge in [-0.25, -0.2) is 4.98 Å². The molecule has 0 bridgehead atoms. The number of oxazole rings is 1. The first-order chi connectivity index (χ1) is 13.0. The van der Waals surface area contributed by atoms with Gasteiger partial charge >= 0.3 is 0 Å². The summed E-state index contributed by atoms with van der Waals surface area (Å²) in [7, 11) is 0. The van der Waals surface area contributed by atoms with E-state index in [2.05, 4.69) is 10.3 Å². The maximum Gasteiger partial charge on any atom is 0.255 e. The largest absolute Gasteiger partial charge is 0.436 e. The van der Waals surface area contributed by atoms with Crippen molar-refractivity contribution in [3.8, 4) is 11.5 Å². The number of anilines is 1. The summed E-state index contributed by atoms with van der Waals surface area (Å²) in [5.41, 5.74) is 5.70. The van der Waals surface area contributed by atoms with Crippen LogP contribution in [0.4, 0.5) is 5.69 Å². The van der Waals surface area contributed by atoms with E-state index in [0.717, 1.165) is 27.8 Å². The van der Waals surface area contributed by atoms with Crippen molar-refractivity contribution in [1.82, 2.24) is 4.98 Å². The fourth-order valence-electron chi connectivity index (χ4n) is 2.79. The van der Waals surface area contributed by atoms with E-state index in [-0.39, 0.29) is 5.91 Å². The van der Waals surface area contributed by atoms with Crippen molar-refractivity contribution in [3.05, 3.63) is 82.4 Å². The van der Waals surface area contributed by atoms with Gasteiger partial charge in [-0.2, -0.15) is 0 Å². The summed E-state index contributed by atoms with van der Waals surface area (Å²) in [5.74, 6) is 0.348. The number of hydrogen-bond acceptors (Lipinski definition) is 3. The van der Waals surface area contributed by atoms with Crippen molar-refractivity contribution >= 4 is 34.3 Å². The Hall–Kier alpha value is -3.11. The van der Waals surface area contributed by atoms with Gasteiger partial charge in [0.1, 0.15) is 5.52 Å². The van der Waals surface area contributed by atoms with Gasteiger partial charge < -0.3 is 9.73 Å². The van der Waals surface area contributed by atoms with E-state index in [4.69, 9.17) is 16.0 Å². The molecule has 0 unspecified atom stereocenters. The molecule has 27 heavy (non-hydrogen) atoms. The number of hydrogen-bond donors (Lipinski definition) is 1. The Morgan fingerprint density at radius 2 is 1.78 bits per heavy atom. The van der Waals surface area contributed by atoms with Crippen LogP contribution >= 0.6 is 11.6 Å². The number of fused-ring (bicyclic) bond motifs is 1. The molecular weight excluding hydrogens is 360 g/mol. The predicted molar refractivity (Wildman–Crippen MR) is 108 cm³/mol. The average Bonchev–Trinajstić information content (AvgIpc) is 3.07. The first kappa shape index (κ1) is 17.3. The predicted octanol–water partition coefficient (Wildman–Crippen LogP) is 6.02. The monoisotopic (exact) mass is 376 g/mol. The summed E-state index contributed by atoms with van der Waals surface area (Å²) < 4.78 is 5.84. The molecule has 0 saturated heterocycles. The van der Waals surface area contributed by atoms with Gasteiger partial charge in [0.2, 0.25) is 5.89 Å². The quantitative estimate of drug-likeness (QED) is 0.475. The van der Waals surface area contributed by atoms with E-state index in [9.17, 15) is 4.79 Å². The van der Waals surface area contributed by atoms with Crippen molar-refractivity contribution in [3.63, 3.8) is 0 Å². The molecule has 1 N–H and O–H groups in total. The highest BCUT2D eigenvalue weighted by Gasteiger charge is 2.10. The molecule has 0 saturated carbocycles. The lowest BCUT2D eigenvalue weighted by Gasteiger charge is -2.07. The molecular formula is C22H17ClN2O2. The van der Waals surface area contributed by atoms with Gasteiger partial charge in [0, 0.05) is 21.8 Å². The van der Waals surface area contributed by atoms with Crippen LogP contribution in [0.5, 0.6) is 0 Å². The SMILES string of the molecule is Cc1ccc2nc(-c3ccc(NC(=O)c4ccc(C)c(Cl)c4)cc3)oc2c1. The topological polar surface area (TPSA) is 55.1 Å². The second kappa shape index (κ2) is 6.89. The first-order valence-electron chi connectivity index (χ1n) is 8.55. The maximum atomic E-state index is 12.4. The van der Waals surface area contributed by atoms with Crippen LogP contribution < -0.4 is 5.32 Å². The molecule has 4 nitrogen and oxygen atoms in total. The fraction of sp³-hybridized carbons (Fsp3) is 0.0909. The van der Waals surface area contributed by atoms with Crippen molar-refractivity contribution in [2.24, 2.45) is 0 Å². The van der Waals surface area contributed by atoms with Gasteiger partial charge in [-0.1, -0.05) is 23.7 Å². The molecule has 0 aliphatic rings. The minimum atomic E-state index is -0.206. The van der Waals surface area contributed by atoms with E-state index in [1.54, 1.807) is 12.1 Å². The third-order valence-electron chi connectivity index (χ3n) is 4.37. The third-order valence-corrected chi connectivity index (χ3v) is 4.77. The van der Waals surface area contributed by atoms with Crippen molar-refractivity contribution < 1.29 is 9.21 Å². The summed E-state index contributed by atoms with van der Waals surface area (Å²) in [6, 6.07) is 18.6. The molecule has 1 amide bonds. The second-order valence-electron chi connectivity index (χ2n) is 6.49. The van der Waals surface area contributed by atoms with Crippen molar-refractivity contribution in [2.45, 2.75) is 13.8 Å². The number of amides is 1. The molecule has 0 spiro atoms. The zero-order valence-corrected chi connectivity index (χ0v) is 15.7. The highest BCUT2D eigenvalue weighted by Crippen LogP contribution is 2.26. The molecule has 3 aromatic carbocycles. The van der Waals surface area contributed by atoms with Gasteiger partial charge in [-0.3, -0.25) is 4.79 Å². The van der Waals surface area contributed by atoms with Gasteiger partial charge in [-0.15, -0.1) is 0 Å². The average molecular weight is 377 g/mol. The molecule has 4 aromatic rings. The van der Waals surface area contributed by atoms with E-state index < -0.39 is 0 Å². The number of benzene rings is 3. The number of carbonyl (C=O) groups excluding carboxylic acids is 1. The molecule has 134 valence electrons. The van der Waals surface area contributed by atoms with Crippen LogP contribution in [0, 0.1) is 13.8 Å². The highest BCUT2D eigenvalue weighted by atomic mass is 35.5. The Balaban J connectivity index is 1.54. The van der Waals surface area contributed by atoms with Crippen LogP contribution in [-0.4, -0.2) is 10.9 Å². The zero-order valence-electron chi connectivity index (χ0n) is 14.9. The standard InChI is InChI=1S/C22H17ClN2O2/c1-13-3-10-19-20(11-13)27-22(25-19)15-6-8-17(9-7-15)24-21(26)16-5-4-14(2)18(23)12-16/h3-12H,1-2H3,(H,24,26). The van der Waals surface area contributed by atoms with Gasteiger partial charge in [0.05, 0.1) is 0 Å². The van der Waals surface area contributed by atoms with Crippen LogP contribution in [0.25, 0.3) is 22.6 Å². The molecule has 4 rings (SSSR count). The highest BCUT2D eigenvalue weighted by molar-refractivity contribution is 6.31. The fourth-order valence-corrected chi connectivity index (χ4v) is 2.97. The molecule has 0 aliphatic carbocycles. The molecule has 0 radical (unpaired) electrons. The minimum Gasteiger partial charge on any atom is -0.436 e. The van der Waals surface area contributed by atoms with Gasteiger partial charge in [0.25, 0.3) is 5.91 Å². The Labute approximate surface area is 161 Å². The van der Waals surface area contributed by atoms with Crippen LogP contribution in [-0.2, 0) is 0 Å². The van der Waals surface area contributed by atoms with Crippen molar-refractivity contribution in [1.29, 1.82) is 0 Å². The Morgan fingerprint density at radius 1 is 1.00 bits per heavy atom. The molecule has 0 fully saturated rings. The Kier molecular flexibility index (Phi) is 4.42. The number of halogens is 1. The van der Waals surface area contributed by atoms with Crippen molar-refractivity contribution in [2.75, 3.05) is 5.32 Å². The summed E-state index contributed by atoms with van der Waals surface area (Å²) >= 11 is 6.10. The number of aryl methyl sites for hydroxylation is 2. The van der Waals surface area contributed by atoms with Gasteiger partial charge in [-0.05, 0) is 73.5 Å². The minimum absolute atomic E-state index is 0.206. The smallest absolute Gasteiger partial charge is 0.255 e. The molecule has 0 aliphatic heterocycles. The zero-order chi connectivity index (χ0) is 19.0. The lowest BCUT2D eigenvalue weighted by Crippen LogP contribution is -2.11. The van der Waals surface area contributed by atoms with Crippen LogP contribution in [0.3, 0.4) is 0 Å². The van der Waals surface area contributed by atoms with Crippen LogP contribution in [0.2, 0.25) is 5.02 Å². The molecule has 1 heterocycles. The normalized spacial score (nSPS) is 10.9. The number of carbonyl (C=O) groups is 1. The number of aromatic nitrogens is 1. The lowest BCUT2D eigenvalue weighted by molar-refractivity contribution is 0.102. The third kappa shape index (κ3) is 3.57. The Morgan fingerprint density at radius 3 is 2.52 bits per heavy atom. The van der Waals surface area contributed by atoms with Gasteiger partial charge in [0.15, 0.2) is 5.58 Å². The molecule has 5 heteroatoms. The Bertz CT molecular complexity index is 1150. The summed E-state index contributed by atoms with van der Waals surface area (Å²) in [6.07, 6.45) is 0. The number of nitrogens with one attached hydrogen (secondary N) is 1. The lowest BCUT2D eigenvalue weighted by atomic mass is 10.1. The molecule has 1 aromatic heterocycles. The summed E-state index contributed by atoms with van der Waals surface area (Å²) in [4.78, 5) is 16.9. The summed E-state index contributed by atoms with van der Waals surface area (Å²) in [5, 5.41) is 3.44. The van der Waals surface area contributed by atoms with Crippen LogP contribution in [0.15, 0.2) is 65.1 Å². The summed E-state index contributed by atoms with van der Waals surface area (Å²) in [6.45, 7) is 3.91. The number of rotatable bonds is 3. The van der Waals surface area contributed by atoms with E-state index in [1.807, 2.05) is 62.4 Å². The first-order valence-corrected chi connectivity index (χ1v) is 8.92. The van der Waals surface area contributed by atoms with Crippen LogP contribution in [0.1, 0.15) is 21.5 Å². The van der Waals surface area contributed by atoms with E-state index in [0.29, 0.717) is 22.2 Å². The van der Waals surface area contributed by atoms with E-state index in [1.165, 1.54) is 0 Å². The maximum absolute atomic E-state index is 12.4.